The van der Waals surface area contributed by atoms with Gasteiger partial charge in [0, 0.05) is 24.6 Å². The molecule has 0 bridgehead atoms. The lowest BCUT2D eigenvalue weighted by molar-refractivity contribution is 0.0599. The van der Waals surface area contributed by atoms with E-state index in [1.807, 2.05) is 36.4 Å². The molecule has 1 aliphatic rings. The van der Waals surface area contributed by atoms with Gasteiger partial charge in [0.15, 0.2) is 5.76 Å². The molecule has 0 spiro atoms. The summed E-state index contributed by atoms with van der Waals surface area (Å²) in [6, 6.07) is 15.5. The molecule has 1 unspecified atom stereocenters. The first-order valence-electron chi connectivity index (χ1n) is 11.2. The third kappa shape index (κ3) is 5.05. The van der Waals surface area contributed by atoms with Gasteiger partial charge >= 0.3 is 0 Å². The van der Waals surface area contributed by atoms with Crippen LogP contribution < -0.4 is 4.74 Å². The Morgan fingerprint density at radius 2 is 1.94 bits per heavy atom. The monoisotopic (exact) mass is 467 g/mol. The molecule has 0 amide bonds. The SMILES string of the molecule is Cc1nnc(-c2cc3c(OCC(O)CN4CCC(c5cccc(Cl)c5)CC4)cccc3o2)o1. The van der Waals surface area contributed by atoms with Gasteiger partial charge in [-0.1, -0.05) is 29.8 Å². The fraction of sp³-hybridized carbons (Fsp3) is 0.360. The Kier molecular flexibility index (Phi) is 6.35. The first kappa shape index (κ1) is 21.9. The molecule has 1 saturated heterocycles. The maximum Gasteiger partial charge on any atom is 0.283 e. The minimum absolute atomic E-state index is 0.202. The largest absolute Gasteiger partial charge is 0.490 e. The zero-order valence-electron chi connectivity index (χ0n) is 18.4. The Morgan fingerprint density at radius 3 is 2.70 bits per heavy atom. The van der Waals surface area contributed by atoms with Gasteiger partial charge in [-0.3, -0.25) is 0 Å². The number of piperidine rings is 1. The molecule has 1 N–H and O–H groups in total. The molecule has 1 atom stereocenters. The number of likely N-dealkylation sites (tertiary alicyclic amines) is 1. The van der Waals surface area contributed by atoms with Crippen molar-refractivity contribution < 1.29 is 18.7 Å². The molecule has 1 fully saturated rings. The number of fused-ring (bicyclic) bond motifs is 1. The summed E-state index contributed by atoms with van der Waals surface area (Å²) in [5.74, 6) is 2.46. The molecule has 3 heterocycles. The van der Waals surface area contributed by atoms with Crippen molar-refractivity contribution >= 4 is 22.6 Å². The average molecular weight is 468 g/mol. The summed E-state index contributed by atoms with van der Waals surface area (Å²) in [5, 5.41) is 20.0. The first-order valence-corrected chi connectivity index (χ1v) is 11.5. The molecular formula is C25H26ClN3O4. The Morgan fingerprint density at radius 1 is 1.12 bits per heavy atom. The summed E-state index contributed by atoms with van der Waals surface area (Å²) in [6.45, 7) is 4.40. The van der Waals surface area contributed by atoms with E-state index in [2.05, 4.69) is 27.2 Å². The molecule has 0 radical (unpaired) electrons. The van der Waals surface area contributed by atoms with E-state index >= 15 is 0 Å². The normalized spacial score (nSPS) is 16.3. The molecular weight excluding hydrogens is 442 g/mol. The zero-order chi connectivity index (χ0) is 22.8. The average Bonchev–Trinajstić information content (AvgIpc) is 3.44. The topological polar surface area (TPSA) is 84.8 Å². The van der Waals surface area contributed by atoms with Crippen LogP contribution in [-0.2, 0) is 0 Å². The van der Waals surface area contributed by atoms with Crippen molar-refractivity contribution in [1.29, 1.82) is 0 Å². The van der Waals surface area contributed by atoms with Gasteiger partial charge in [-0.15, -0.1) is 10.2 Å². The Bertz CT molecular complexity index is 1230. The Hall–Kier alpha value is -2.87. The molecule has 33 heavy (non-hydrogen) atoms. The standard InChI is InChI=1S/C25H26ClN3O4/c1-16-27-28-25(32-16)24-13-21-22(6-3-7-23(21)33-24)31-15-20(30)14-29-10-8-17(9-11-29)18-4-2-5-19(26)12-18/h2-7,12-13,17,20,30H,8-11,14-15H2,1H3. The summed E-state index contributed by atoms with van der Waals surface area (Å²) in [6.07, 6.45) is 1.52. The number of hydrogen-bond donors (Lipinski definition) is 1. The maximum atomic E-state index is 10.6. The molecule has 1 aliphatic heterocycles. The number of rotatable bonds is 7. The number of aryl methyl sites for hydroxylation is 1. The Balaban J connectivity index is 1.16. The van der Waals surface area contributed by atoms with Crippen LogP contribution in [0.25, 0.3) is 22.6 Å². The highest BCUT2D eigenvalue weighted by atomic mass is 35.5. The molecule has 4 aromatic rings. The zero-order valence-corrected chi connectivity index (χ0v) is 19.2. The lowest BCUT2D eigenvalue weighted by Crippen LogP contribution is -2.40. The van der Waals surface area contributed by atoms with E-state index in [1.165, 1.54) is 5.56 Å². The van der Waals surface area contributed by atoms with E-state index in [-0.39, 0.29) is 6.61 Å². The minimum atomic E-state index is -0.590. The summed E-state index contributed by atoms with van der Waals surface area (Å²) >= 11 is 6.14. The number of benzene rings is 2. The summed E-state index contributed by atoms with van der Waals surface area (Å²) in [4.78, 5) is 2.30. The second kappa shape index (κ2) is 9.55. The summed E-state index contributed by atoms with van der Waals surface area (Å²) in [7, 11) is 0. The second-order valence-corrected chi connectivity index (χ2v) is 8.94. The van der Waals surface area contributed by atoms with Gasteiger partial charge in [0.25, 0.3) is 5.89 Å². The van der Waals surface area contributed by atoms with Crippen molar-refractivity contribution in [2.75, 3.05) is 26.2 Å². The van der Waals surface area contributed by atoms with Crippen molar-refractivity contribution in [2.24, 2.45) is 0 Å². The number of aromatic nitrogens is 2. The van der Waals surface area contributed by atoms with Gasteiger partial charge in [-0.25, -0.2) is 0 Å². The molecule has 5 rings (SSSR count). The third-order valence-corrected chi connectivity index (χ3v) is 6.30. The van der Waals surface area contributed by atoms with Gasteiger partial charge in [0.1, 0.15) is 24.0 Å². The van der Waals surface area contributed by atoms with Crippen molar-refractivity contribution in [2.45, 2.75) is 31.8 Å². The van der Waals surface area contributed by atoms with Crippen LogP contribution in [0.5, 0.6) is 5.75 Å². The molecule has 7 nitrogen and oxygen atoms in total. The number of furan rings is 1. The van der Waals surface area contributed by atoms with Gasteiger partial charge in [0.05, 0.1) is 5.39 Å². The predicted octanol–water partition coefficient (Wildman–Crippen LogP) is 5.06. The van der Waals surface area contributed by atoms with Crippen LogP contribution in [0.1, 0.15) is 30.2 Å². The molecule has 0 aliphatic carbocycles. The van der Waals surface area contributed by atoms with Gasteiger partial charge in [0.2, 0.25) is 5.89 Å². The highest BCUT2D eigenvalue weighted by Crippen LogP contribution is 2.33. The minimum Gasteiger partial charge on any atom is -0.490 e. The smallest absolute Gasteiger partial charge is 0.283 e. The summed E-state index contributed by atoms with van der Waals surface area (Å²) in [5.41, 5.74) is 1.96. The van der Waals surface area contributed by atoms with E-state index in [9.17, 15) is 5.11 Å². The number of β-amino-alcohol motifs (C(OH)–C–C–N with tert-alkyl or cyclic N) is 1. The van der Waals surface area contributed by atoms with Gasteiger partial charge in [-0.2, -0.15) is 0 Å². The van der Waals surface area contributed by atoms with Crippen LogP contribution >= 0.6 is 11.6 Å². The molecule has 0 saturated carbocycles. The quantitative estimate of drug-likeness (QED) is 0.406. The lowest BCUT2D eigenvalue weighted by Gasteiger charge is -2.33. The fourth-order valence-corrected chi connectivity index (χ4v) is 4.61. The predicted molar refractivity (Wildman–Crippen MR) is 126 cm³/mol. The fourth-order valence-electron chi connectivity index (χ4n) is 4.41. The molecule has 2 aromatic heterocycles. The van der Waals surface area contributed by atoms with Gasteiger partial charge in [-0.05, 0) is 61.7 Å². The molecule has 172 valence electrons. The van der Waals surface area contributed by atoms with Crippen molar-refractivity contribution in [1.82, 2.24) is 15.1 Å². The number of halogens is 1. The van der Waals surface area contributed by atoms with Crippen LogP contribution in [0.4, 0.5) is 0 Å². The lowest BCUT2D eigenvalue weighted by atomic mass is 9.89. The molecule has 2 aromatic carbocycles. The van der Waals surface area contributed by atoms with Crippen LogP contribution in [0.2, 0.25) is 5.02 Å². The van der Waals surface area contributed by atoms with E-state index in [0.29, 0.717) is 41.3 Å². The van der Waals surface area contributed by atoms with E-state index in [1.54, 1.807) is 6.92 Å². The highest BCUT2D eigenvalue weighted by molar-refractivity contribution is 6.30. The van der Waals surface area contributed by atoms with Crippen LogP contribution in [0, 0.1) is 6.92 Å². The Labute approximate surface area is 196 Å². The van der Waals surface area contributed by atoms with Crippen LogP contribution in [0.15, 0.2) is 57.4 Å². The van der Waals surface area contributed by atoms with Crippen LogP contribution in [0.3, 0.4) is 0 Å². The van der Waals surface area contributed by atoms with Crippen molar-refractivity contribution in [3.05, 3.63) is 65.0 Å². The van der Waals surface area contributed by atoms with E-state index < -0.39 is 6.10 Å². The number of aliphatic hydroxyl groups excluding tert-OH is 1. The number of nitrogens with zero attached hydrogens (tertiary/aromatic N) is 3. The first-order chi connectivity index (χ1) is 16.0. The van der Waals surface area contributed by atoms with Crippen molar-refractivity contribution in [3.8, 4) is 17.4 Å². The van der Waals surface area contributed by atoms with E-state index in [4.69, 9.17) is 25.2 Å². The third-order valence-electron chi connectivity index (χ3n) is 6.07. The number of aliphatic hydroxyl groups is 1. The number of ether oxygens (including phenoxy) is 1. The molecule has 8 heteroatoms. The second-order valence-electron chi connectivity index (χ2n) is 8.50. The van der Waals surface area contributed by atoms with Gasteiger partial charge < -0.3 is 23.6 Å². The van der Waals surface area contributed by atoms with E-state index in [0.717, 1.165) is 36.3 Å². The highest BCUT2D eigenvalue weighted by Gasteiger charge is 2.23. The van der Waals surface area contributed by atoms with Crippen LogP contribution in [-0.4, -0.2) is 52.5 Å². The maximum absolute atomic E-state index is 10.6. The van der Waals surface area contributed by atoms with Crippen molar-refractivity contribution in [3.63, 3.8) is 0 Å². The summed E-state index contributed by atoms with van der Waals surface area (Å²) < 4.78 is 17.3. The number of hydrogen-bond acceptors (Lipinski definition) is 7.